The number of carbonyl (C=O) groups is 5. The number of aliphatic hydroxyl groups excluding tert-OH is 1. The SMILES string of the molecule is NCCCCCC(=O)NCC(=O)NCC(=O)N[C@@H](Cc1ccccc1)C(=O)NCC(=O)NCO. The number of unbranched alkanes of at least 4 members (excludes halogenated alkanes) is 2. The van der Waals surface area contributed by atoms with Crippen molar-refractivity contribution in [2.75, 3.05) is 32.9 Å². The Morgan fingerprint density at radius 3 is 2.06 bits per heavy atom. The third kappa shape index (κ3) is 13.1. The van der Waals surface area contributed by atoms with Crippen LogP contribution >= 0.6 is 0 Å². The fourth-order valence-electron chi connectivity index (χ4n) is 2.86. The van der Waals surface area contributed by atoms with E-state index in [4.69, 9.17) is 10.8 Å². The monoisotopic (exact) mass is 478 g/mol. The number of aliphatic hydroxyl groups is 1. The first-order chi connectivity index (χ1) is 16.3. The second-order valence-electron chi connectivity index (χ2n) is 7.44. The molecule has 1 atom stereocenters. The highest BCUT2D eigenvalue weighted by Crippen LogP contribution is 2.03. The number of benzene rings is 1. The van der Waals surface area contributed by atoms with Gasteiger partial charge in [0.15, 0.2) is 0 Å². The highest BCUT2D eigenvalue weighted by Gasteiger charge is 2.22. The standard InChI is InChI=1S/C22H34N6O6/c23-10-6-2-5-9-18(30)24-12-19(31)25-14-21(33)28-17(11-16-7-3-1-4-8-16)22(34)26-13-20(32)27-15-29/h1,3-4,7-8,17,29H,2,5-6,9-15,23H2,(H,24,30)(H,25,31)(H,26,34)(H,27,32)(H,28,33)/t17-/m0/s1. The van der Waals surface area contributed by atoms with Crippen molar-refractivity contribution < 1.29 is 29.1 Å². The summed E-state index contributed by atoms with van der Waals surface area (Å²) in [6, 6.07) is 7.95. The lowest BCUT2D eigenvalue weighted by Crippen LogP contribution is -2.52. The van der Waals surface area contributed by atoms with Crippen LogP contribution in [0.2, 0.25) is 0 Å². The number of carbonyl (C=O) groups excluding carboxylic acids is 5. The molecule has 0 fully saturated rings. The van der Waals surface area contributed by atoms with Crippen molar-refractivity contribution in [3.05, 3.63) is 35.9 Å². The van der Waals surface area contributed by atoms with Gasteiger partial charge in [0, 0.05) is 12.8 Å². The van der Waals surface area contributed by atoms with Gasteiger partial charge in [0.25, 0.3) is 0 Å². The first kappa shape index (κ1) is 28.5. The van der Waals surface area contributed by atoms with Crippen LogP contribution in [0.25, 0.3) is 0 Å². The molecule has 12 nitrogen and oxygen atoms in total. The molecule has 1 aromatic carbocycles. The van der Waals surface area contributed by atoms with Crippen LogP contribution in [0.4, 0.5) is 0 Å². The van der Waals surface area contributed by atoms with Crippen molar-refractivity contribution in [2.24, 2.45) is 5.73 Å². The summed E-state index contributed by atoms with van der Waals surface area (Å²) in [5, 5.41) is 20.6. The third-order valence-corrected chi connectivity index (χ3v) is 4.63. The molecule has 0 unspecified atom stereocenters. The van der Waals surface area contributed by atoms with E-state index in [2.05, 4.69) is 26.6 Å². The van der Waals surface area contributed by atoms with Gasteiger partial charge in [-0.1, -0.05) is 36.8 Å². The average Bonchev–Trinajstić information content (AvgIpc) is 2.83. The first-order valence-electron chi connectivity index (χ1n) is 11.1. The van der Waals surface area contributed by atoms with Crippen LogP contribution in [0, 0.1) is 0 Å². The highest BCUT2D eigenvalue weighted by atomic mass is 16.3. The predicted molar refractivity (Wildman–Crippen MR) is 124 cm³/mol. The molecule has 0 radical (unpaired) electrons. The quantitative estimate of drug-likeness (QED) is 0.102. The lowest BCUT2D eigenvalue weighted by Gasteiger charge is -2.19. The minimum absolute atomic E-state index is 0.161. The maximum atomic E-state index is 12.5. The topological polar surface area (TPSA) is 192 Å². The average molecular weight is 479 g/mol. The Morgan fingerprint density at radius 1 is 0.765 bits per heavy atom. The van der Waals surface area contributed by atoms with Gasteiger partial charge in [-0.15, -0.1) is 0 Å². The number of nitrogens with one attached hydrogen (secondary N) is 5. The molecule has 0 saturated carbocycles. The molecular weight excluding hydrogens is 444 g/mol. The molecule has 0 aliphatic rings. The number of rotatable bonds is 16. The Labute approximate surface area is 198 Å². The molecule has 8 N–H and O–H groups in total. The van der Waals surface area contributed by atoms with Crippen LogP contribution in [0.3, 0.4) is 0 Å². The van der Waals surface area contributed by atoms with Gasteiger partial charge in [0.05, 0.1) is 19.6 Å². The summed E-state index contributed by atoms with van der Waals surface area (Å²) in [5.74, 6) is -2.61. The molecule has 0 bridgehead atoms. The normalized spacial score (nSPS) is 11.1. The molecule has 5 amide bonds. The Balaban J connectivity index is 2.50. The number of amides is 5. The summed E-state index contributed by atoms with van der Waals surface area (Å²) >= 11 is 0. The predicted octanol–water partition coefficient (Wildman–Crippen LogP) is -2.35. The summed E-state index contributed by atoms with van der Waals surface area (Å²) in [6.45, 7) is -1.03. The molecule has 0 saturated heterocycles. The Morgan fingerprint density at radius 2 is 1.38 bits per heavy atom. The largest absolute Gasteiger partial charge is 0.376 e. The van der Waals surface area contributed by atoms with Crippen molar-refractivity contribution in [1.82, 2.24) is 26.6 Å². The van der Waals surface area contributed by atoms with Crippen molar-refractivity contribution in [2.45, 2.75) is 38.1 Å². The second kappa shape index (κ2) is 17.0. The molecular formula is C22H34N6O6. The summed E-state index contributed by atoms with van der Waals surface area (Å²) in [5.41, 5.74) is 6.17. The zero-order chi connectivity index (χ0) is 25.2. The molecule has 188 valence electrons. The van der Waals surface area contributed by atoms with Gasteiger partial charge in [-0.25, -0.2) is 0 Å². The minimum Gasteiger partial charge on any atom is -0.376 e. The summed E-state index contributed by atoms with van der Waals surface area (Å²) in [4.78, 5) is 59.9. The third-order valence-electron chi connectivity index (χ3n) is 4.63. The van der Waals surface area contributed by atoms with Crippen LogP contribution in [-0.2, 0) is 30.4 Å². The molecule has 34 heavy (non-hydrogen) atoms. The van der Waals surface area contributed by atoms with E-state index in [9.17, 15) is 24.0 Å². The maximum Gasteiger partial charge on any atom is 0.243 e. The van der Waals surface area contributed by atoms with E-state index in [0.29, 0.717) is 19.4 Å². The van der Waals surface area contributed by atoms with Crippen LogP contribution in [0.15, 0.2) is 30.3 Å². The molecule has 1 aromatic rings. The van der Waals surface area contributed by atoms with Gasteiger partial charge < -0.3 is 37.4 Å². The molecule has 1 rings (SSSR count). The Bertz CT molecular complexity index is 804. The number of hydrogen-bond donors (Lipinski definition) is 7. The molecule has 0 aliphatic heterocycles. The summed E-state index contributed by atoms with van der Waals surface area (Å²) in [6.07, 6.45) is 2.80. The van der Waals surface area contributed by atoms with Gasteiger partial charge >= 0.3 is 0 Å². The van der Waals surface area contributed by atoms with Crippen molar-refractivity contribution in [1.29, 1.82) is 0 Å². The first-order valence-corrected chi connectivity index (χ1v) is 11.1. The Kier molecular flexibility index (Phi) is 14.3. The molecule has 12 heteroatoms. The fourth-order valence-corrected chi connectivity index (χ4v) is 2.86. The number of nitrogens with two attached hydrogens (primary N) is 1. The van der Waals surface area contributed by atoms with Crippen LogP contribution in [0.1, 0.15) is 31.2 Å². The van der Waals surface area contributed by atoms with Crippen molar-refractivity contribution in [3.63, 3.8) is 0 Å². The van der Waals surface area contributed by atoms with Crippen LogP contribution < -0.4 is 32.3 Å². The van der Waals surface area contributed by atoms with E-state index in [1.54, 1.807) is 24.3 Å². The van der Waals surface area contributed by atoms with Gasteiger partial charge in [0.1, 0.15) is 12.8 Å². The van der Waals surface area contributed by atoms with Gasteiger partial charge in [-0.2, -0.15) is 0 Å². The van der Waals surface area contributed by atoms with E-state index in [1.807, 2.05) is 6.07 Å². The Hall–Kier alpha value is -3.51. The minimum atomic E-state index is -0.998. The fraction of sp³-hybridized carbons (Fsp3) is 0.500. The lowest BCUT2D eigenvalue weighted by atomic mass is 10.1. The van der Waals surface area contributed by atoms with E-state index in [1.165, 1.54) is 0 Å². The van der Waals surface area contributed by atoms with Gasteiger partial charge in [-0.05, 0) is 24.9 Å². The van der Waals surface area contributed by atoms with Gasteiger partial charge in [-0.3, -0.25) is 24.0 Å². The second-order valence-corrected chi connectivity index (χ2v) is 7.44. The summed E-state index contributed by atoms with van der Waals surface area (Å²) in [7, 11) is 0. The lowest BCUT2D eigenvalue weighted by molar-refractivity contribution is -0.131. The van der Waals surface area contributed by atoms with Crippen molar-refractivity contribution >= 4 is 29.5 Å². The van der Waals surface area contributed by atoms with E-state index in [0.717, 1.165) is 18.4 Å². The van der Waals surface area contributed by atoms with Gasteiger partial charge in [0.2, 0.25) is 29.5 Å². The van der Waals surface area contributed by atoms with Crippen LogP contribution in [0.5, 0.6) is 0 Å². The van der Waals surface area contributed by atoms with E-state index in [-0.39, 0.29) is 25.4 Å². The number of hydrogen-bond acceptors (Lipinski definition) is 7. The smallest absolute Gasteiger partial charge is 0.243 e. The van der Waals surface area contributed by atoms with E-state index >= 15 is 0 Å². The van der Waals surface area contributed by atoms with Crippen molar-refractivity contribution in [3.8, 4) is 0 Å². The molecule has 0 heterocycles. The molecule has 0 aliphatic carbocycles. The molecule has 0 aromatic heterocycles. The zero-order valence-corrected chi connectivity index (χ0v) is 19.1. The zero-order valence-electron chi connectivity index (χ0n) is 19.1. The maximum absolute atomic E-state index is 12.5. The molecule has 0 spiro atoms. The summed E-state index contributed by atoms with van der Waals surface area (Å²) < 4.78 is 0. The highest BCUT2D eigenvalue weighted by molar-refractivity contribution is 5.92. The van der Waals surface area contributed by atoms with E-state index < -0.39 is 42.9 Å². The van der Waals surface area contributed by atoms with Crippen LogP contribution in [-0.4, -0.2) is 73.6 Å².